The third kappa shape index (κ3) is 7.65. The Hall–Kier alpha value is -2.06. The van der Waals surface area contributed by atoms with E-state index in [2.05, 4.69) is 34.7 Å². The highest BCUT2D eigenvalue weighted by Crippen LogP contribution is 2.20. The lowest BCUT2D eigenvalue weighted by Crippen LogP contribution is -2.38. The van der Waals surface area contributed by atoms with E-state index >= 15 is 0 Å². The Morgan fingerprint density at radius 3 is 2.97 bits per heavy atom. The predicted molar refractivity (Wildman–Crippen MR) is 126 cm³/mol. The van der Waals surface area contributed by atoms with E-state index in [4.69, 9.17) is 4.99 Å². The molecule has 30 heavy (non-hydrogen) atoms. The minimum atomic E-state index is 0.253. The molecule has 162 valence electrons. The van der Waals surface area contributed by atoms with Crippen LogP contribution < -0.4 is 10.6 Å². The number of amides is 1. The highest BCUT2D eigenvalue weighted by atomic mass is 32.2. The Balaban J connectivity index is 1.37. The number of guanidine groups is 1. The summed E-state index contributed by atoms with van der Waals surface area (Å²) in [4.78, 5) is 23.4. The molecule has 1 amide bonds. The molecular weight excluding hydrogens is 414 g/mol. The van der Waals surface area contributed by atoms with Crippen molar-refractivity contribution in [3.63, 3.8) is 0 Å². The first-order chi connectivity index (χ1) is 14.7. The summed E-state index contributed by atoms with van der Waals surface area (Å²) in [5.74, 6) is 2.42. The molecule has 1 unspecified atom stereocenters. The van der Waals surface area contributed by atoms with Crippen LogP contribution in [0.5, 0.6) is 0 Å². The standard InChI is InChI=1S/C22H31N5OS2/c1-2-23-21(24-10-6-13-29-22-25-11-14-30-22)26-16-19-15-20(28)27(17-19)12-9-18-7-4-3-5-8-18/h3-5,7-8,11,14,19H,2,6,9-10,12-13,15-17H2,1H3,(H2,23,24,26). The number of carbonyl (C=O) groups is 1. The number of nitrogens with zero attached hydrogens (tertiary/aromatic N) is 3. The predicted octanol–water partition coefficient (Wildman–Crippen LogP) is 3.27. The van der Waals surface area contributed by atoms with Gasteiger partial charge in [0.2, 0.25) is 5.91 Å². The summed E-state index contributed by atoms with van der Waals surface area (Å²) < 4.78 is 1.12. The average Bonchev–Trinajstić information content (AvgIpc) is 3.40. The third-order valence-corrected chi connectivity index (χ3v) is 6.96. The summed E-state index contributed by atoms with van der Waals surface area (Å²) in [6.45, 7) is 6.04. The van der Waals surface area contributed by atoms with Gasteiger partial charge < -0.3 is 15.5 Å². The van der Waals surface area contributed by atoms with Crippen molar-refractivity contribution in [1.82, 2.24) is 20.5 Å². The summed E-state index contributed by atoms with van der Waals surface area (Å²) in [5.41, 5.74) is 1.28. The minimum absolute atomic E-state index is 0.253. The number of hydrogen-bond donors (Lipinski definition) is 2. The molecular formula is C22H31N5OS2. The number of thioether (sulfide) groups is 1. The number of aliphatic imine (C=N–C) groups is 1. The zero-order valence-electron chi connectivity index (χ0n) is 17.5. The van der Waals surface area contributed by atoms with Crippen LogP contribution in [0.3, 0.4) is 0 Å². The van der Waals surface area contributed by atoms with Crippen LogP contribution in [0.15, 0.2) is 51.2 Å². The average molecular weight is 446 g/mol. The minimum Gasteiger partial charge on any atom is -0.357 e. The summed E-state index contributed by atoms with van der Waals surface area (Å²) in [7, 11) is 0. The lowest BCUT2D eigenvalue weighted by Gasteiger charge is -2.16. The zero-order chi connectivity index (χ0) is 21.0. The van der Waals surface area contributed by atoms with Crippen LogP contribution >= 0.6 is 23.1 Å². The first kappa shape index (κ1) is 22.6. The van der Waals surface area contributed by atoms with Crippen molar-refractivity contribution in [2.45, 2.75) is 30.5 Å². The quantitative estimate of drug-likeness (QED) is 0.240. The van der Waals surface area contributed by atoms with E-state index in [1.165, 1.54) is 5.56 Å². The van der Waals surface area contributed by atoms with E-state index in [0.29, 0.717) is 18.9 Å². The van der Waals surface area contributed by atoms with E-state index in [1.54, 1.807) is 23.1 Å². The molecule has 1 atom stereocenters. The van der Waals surface area contributed by atoms with Gasteiger partial charge in [0.25, 0.3) is 0 Å². The second kappa shape index (κ2) is 12.6. The van der Waals surface area contributed by atoms with Crippen LogP contribution in [0.2, 0.25) is 0 Å². The van der Waals surface area contributed by atoms with Gasteiger partial charge >= 0.3 is 0 Å². The molecule has 1 aliphatic rings. The molecule has 6 nitrogen and oxygen atoms in total. The normalized spacial score (nSPS) is 16.8. The van der Waals surface area contributed by atoms with Gasteiger partial charge in [0.1, 0.15) is 4.34 Å². The molecule has 1 saturated heterocycles. The van der Waals surface area contributed by atoms with Crippen molar-refractivity contribution in [3.8, 4) is 0 Å². The second-order valence-corrected chi connectivity index (χ2v) is 9.53. The van der Waals surface area contributed by atoms with Gasteiger partial charge in [-0.15, -0.1) is 11.3 Å². The smallest absolute Gasteiger partial charge is 0.223 e. The van der Waals surface area contributed by atoms with E-state index in [1.807, 2.05) is 34.7 Å². The van der Waals surface area contributed by atoms with Crippen LogP contribution in [-0.2, 0) is 11.2 Å². The number of thiazole rings is 1. The van der Waals surface area contributed by atoms with Crippen molar-refractivity contribution in [2.75, 3.05) is 38.5 Å². The van der Waals surface area contributed by atoms with Crippen LogP contribution in [0.4, 0.5) is 0 Å². The van der Waals surface area contributed by atoms with Gasteiger partial charge in [-0.3, -0.25) is 9.79 Å². The lowest BCUT2D eigenvalue weighted by molar-refractivity contribution is -0.127. The molecule has 2 N–H and O–H groups in total. The molecule has 2 aromatic rings. The molecule has 3 rings (SSSR count). The number of likely N-dealkylation sites (tertiary alicyclic amines) is 1. The van der Waals surface area contributed by atoms with Crippen molar-refractivity contribution in [2.24, 2.45) is 10.9 Å². The maximum atomic E-state index is 12.4. The van der Waals surface area contributed by atoms with Gasteiger partial charge in [-0.1, -0.05) is 42.1 Å². The van der Waals surface area contributed by atoms with Crippen LogP contribution in [0, 0.1) is 5.92 Å². The highest BCUT2D eigenvalue weighted by Gasteiger charge is 2.28. The second-order valence-electron chi connectivity index (χ2n) is 7.29. The topological polar surface area (TPSA) is 69.6 Å². The molecule has 1 aliphatic heterocycles. The number of rotatable bonds is 11. The largest absolute Gasteiger partial charge is 0.357 e. The fraction of sp³-hybridized carbons (Fsp3) is 0.500. The van der Waals surface area contributed by atoms with E-state index in [-0.39, 0.29) is 5.91 Å². The molecule has 1 aromatic carbocycles. The maximum Gasteiger partial charge on any atom is 0.223 e. The number of benzene rings is 1. The molecule has 0 bridgehead atoms. The van der Waals surface area contributed by atoms with Gasteiger partial charge in [0.15, 0.2) is 5.96 Å². The van der Waals surface area contributed by atoms with Gasteiger partial charge in [-0.05, 0) is 25.3 Å². The van der Waals surface area contributed by atoms with Gasteiger partial charge in [-0.25, -0.2) is 4.98 Å². The van der Waals surface area contributed by atoms with E-state index < -0.39 is 0 Å². The van der Waals surface area contributed by atoms with Crippen LogP contribution in [0.1, 0.15) is 25.3 Å². The summed E-state index contributed by atoms with van der Waals surface area (Å²) >= 11 is 3.48. The van der Waals surface area contributed by atoms with Crippen molar-refractivity contribution in [1.29, 1.82) is 0 Å². The fourth-order valence-electron chi connectivity index (χ4n) is 3.38. The van der Waals surface area contributed by atoms with Gasteiger partial charge in [-0.2, -0.15) is 0 Å². The lowest BCUT2D eigenvalue weighted by atomic mass is 10.1. The maximum absolute atomic E-state index is 12.4. The SMILES string of the molecule is CCNC(=NCC1CC(=O)N(CCc2ccccc2)C1)NCCCSc1nccs1. The van der Waals surface area contributed by atoms with Crippen molar-refractivity contribution in [3.05, 3.63) is 47.5 Å². The Labute approximate surface area is 187 Å². The Bertz CT molecular complexity index is 782. The molecule has 0 saturated carbocycles. The monoisotopic (exact) mass is 445 g/mol. The number of aromatic nitrogens is 1. The highest BCUT2D eigenvalue weighted by molar-refractivity contribution is 8.00. The Kier molecular flexibility index (Phi) is 9.50. The summed E-state index contributed by atoms with van der Waals surface area (Å²) in [6.07, 6.45) is 4.40. The molecule has 1 fully saturated rings. The molecule has 0 radical (unpaired) electrons. The molecule has 2 heterocycles. The van der Waals surface area contributed by atoms with Gasteiger partial charge in [0.05, 0.1) is 0 Å². The van der Waals surface area contributed by atoms with E-state index in [0.717, 1.165) is 55.1 Å². The molecule has 1 aromatic heterocycles. The third-order valence-electron chi connectivity index (χ3n) is 4.91. The van der Waals surface area contributed by atoms with Crippen molar-refractivity contribution >= 4 is 35.0 Å². The molecule has 8 heteroatoms. The van der Waals surface area contributed by atoms with Crippen LogP contribution in [-0.4, -0.2) is 60.2 Å². The summed E-state index contributed by atoms with van der Waals surface area (Å²) in [6, 6.07) is 10.4. The number of hydrogen-bond acceptors (Lipinski definition) is 5. The molecule has 0 spiro atoms. The Morgan fingerprint density at radius 2 is 2.20 bits per heavy atom. The number of nitrogens with one attached hydrogen (secondary N) is 2. The zero-order valence-corrected chi connectivity index (χ0v) is 19.2. The molecule has 0 aliphatic carbocycles. The Morgan fingerprint density at radius 1 is 1.33 bits per heavy atom. The first-order valence-corrected chi connectivity index (χ1v) is 12.5. The fourth-order valence-corrected chi connectivity index (χ4v) is 5.03. The van der Waals surface area contributed by atoms with Gasteiger partial charge in [0, 0.05) is 62.4 Å². The first-order valence-electron chi connectivity index (χ1n) is 10.6. The number of carbonyl (C=O) groups excluding carboxylic acids is 1. The van der Waals surface area contributed by atoms with Crippen LogP contribution in [0.25, 0.3) is 0 Å². The van der Waals surface area contributed by atoms with E-state index in [9.17, 15) is 4.79 Å². The van der Waals surface area contributed by atoms with Crippen molar-refractivity contribution < 1.29 is 4.79 Å². The summed E-state index contributed by atoms with van der Waals surface area (Å²) in [5, 5.41) is 8.71.